The van der Waals surface area contributed by atoms with Crippen LogP contribution in [0.15, 0.2) is 54.6 Å². The lowest BCUT2D eigenvalue weighted by molar-refractivity contribution is 0.590. The van der Waals surface area contributed by atoms with E-state index in [1.807, 2.05) is 51.1 Å². The lowest BCUT2D eigenvalue weighted by Gasteiger charge is -2.21. The molecule has 0 saturated heterocycles. The predicted octanol–water partition coefficient (Wildman–Crippen LogP) is 5.38. The molecule has 1 aromatic heterocycles. The Morgan fingerprint density at radius 2 is 1.50 bits per heavy atom. The van der Waals surface area contributed by atoms with Crippen LogP contribution < -0.4 is 10.6 Å². The van der Waals surface area contributed by atoms with Gasteiger partial charge in [-0.15, -0.1) is 0 Å². The molecule has 2 N–H and O–H groups in total. The Kier molecular flexibility index (Phi) is 4.84. The molecule has 0 aliphatic heterocycles. The summed E-state index contributed by atoms with van der Waals surface area (Å²) in [6, 6.07) is 14.9. The third-order valence-electron chi connectivity index (χ3n) is 3.50. The van der Waals surface area contributed by atoms with E-state index in [4.69, 9.17) is 0 Å². The lowest BCUT2D eigenvalue weighted by atomic mass is 10.1. The fourth-order valence-corrected chi connectivity index (χ4v) is 2.40. The largest absolute Gasteiger partial charge is 0.350 e. The molecule has 26 heavy (non-hydrogen) atoms. The molecule has 134 valence electrons. The molecule has 3 rings (SSSR count). The van der Waals surface area contributed by atoms with Crippen molar-refractivity contribution in [1.29, 1.82) is 0 Å². The van der Waals surface area contributed by atoms with Crippen LogP contribution in [0.4, 0.5) is 26.2 Å². The molecule has 0 bridgehead atoms. The van der Waals surface area contributed by atoms with Crippen LogP contribution in [0.1, 0.15) is 20.8 Å². The number of hydrogen-bond donors (Lipinski definition) is 2. The van der Waals surface area contributed by atoms with Gasteiger partial charge in [-0.1, -0.05) is 36.4 Å². The van der Waals surface area contributed by atoms with Gasteiger partial charge < -0.3 is 10.6 Å². The average molecular weight is 354 g/mol. The number of aromatic nitrogens is 2. The van der Waals surface area contributed by atoms with Crippen LogP contribution in [0.2, 0.25) is 0 Å². The highest BCUT2D eigenvalue weighted by Gasteiger charge is 2.15. The monoisotopic (exact) mass is 354 g/mol. The Hall–Kier alpha value is -3.02. The lowest BCUT2D eigenvalue weighted by Crippen LogP contribution is -2.27. The van der Waals surface area contributed by atoms with Crippen molar-refractivity contribution in [2.75, 3.05) is 10.6 Å². The van der Waals surface area contributed by atoms with Gasteiger partial charge in [-0.05, 0) is 32.9 Å². The van der Waals surface area contributed by atoms with Gasteiger partial charge in [0, 0.05) is 17.2 Å². The first-order chi connectivity index (χ1) is 12.3. The third kappa shape index (κ3) is 4.33. The fourth-order valence-electron chi connectivity index (χ4n) is 2.40. The molecule has 2 aromatic carbocycles. The van der Waals surface area contributed by atoms with Crippen molar-refractivity contribution >= 4 is 17.5 Å². The number of halogens is 2. The second-order valence-corrected chi connectivity index (χ2v) is 6.92. The second kappa shape index (κ2) is 7.07. The number of nitrogens with zero attached hydrogens (tertiary/aromatic N) is 2. The van der Waals surface area contributed by atoms with Crippen molar-refractivity contribution in [1.82, 2.24) is 9.97 Å². The van der Waals surface area contributed by atoms with Gasteiger partial charge in [-0.25, -0.2) is 13.8 Å². The van der Waals surface area contributed by atoms with Gasteiger partial charge in [0.05, 0.1) is 5.69 Å². The summed E-state index contributed by atoms with van der Waals surface area (Å²) in [7, 11) is 0. The standard InChI is InChI=1S/C20H20F2N4/c1-20(2,3)26-19-23-16(13-8-5-4-6-9-13)12-17(25-19)24-18-14(21)10-7-11-15(18)22/h4-12H,1-3H3,(H2,23,24,25,26). The Balaban J connectivity index is 2.05. The van der Waals surface area contributed by atoms with Crippen molar-refractivity contribution in [2.24, 2.45) is 0 Å². The summed E-state index contributed by atoms with van der Waals surface area (Å²) in [5.41, 5.74) is 1.01. The minimum Gasteiger partial charge on any atom is -0.350 e. The minimum atomic E-state index is -0.685. The van der Waals surface area contributed by atoms with E-state index < -0.39 is 11.6 Å². The molecule has 3 aromatic rings. The first kappa shape index (κ1) is 17.8. The summed E-state index contributed by atoms with van der Waals surface area (Å²) in [4.78, 5) is 8.88. The van der Waals surface area contributed by atoms with E-state index in [0.29, 0.717) is 17.5 Å². The molecule has 0 saturated carbocycles. The van der Waals surface area contributed by atoms with E-state index >= 15 is 0 Å². The Bertz CT molecular complexity index is 885. The summed E-state index contributed by atoms with van der Waals surface area (Å²) in [6.45, 7) is 5.94. The summed E-state index contributed by atoms with van der Waals surface area (Å²) in [6.07, 6.45) is 0. The van der Waals surface area contributed by atoms with Crippen LogP contribution in [-0.2, 0) is 0 Å². The van der Waals surface area contributed by atoms with E-state index in [-0.39, 0.29) is 11.2 Å². The molecular formula is C20H20F2N4. The second-order valence-electron chi connectivity index (χ2n) is 6.92. The zero-order chi connectivity index (χ0) is 18.7. The predicted molar refractivity (Wildman–Crippen MR) is 100 cm³/mol. The molecule has 0 unspecified atom stereocenters. The van der Waals surface area contributed by atoms with Crippen LogP contribution in [0, 0.1) is 11.6 Å². The van der Waals surface area contributed by atoms with Crippen LogP contribution in [-0.4, -0.2) is 15.5 Å². The van der Waals surface area contributed by atoms with Gasteiger partial charge in [0.2, 0.25) is 5.95 Å². The fraction of sp³-hybridized carbons (Fsp3) is 0.200. The van der Waals surface area contributed by atoms with Crippen molar-refractivity contribution in [3.8, 4) is 11.3 Å². The zero-order valence-electron chi connectivity index (χ0n) is 14.8. The molecule has 0 amide bonds. The quantitative estimate of drug-likeness (QED) is 0.661. The minimum absolute atomic E-state index is 0.244. The molecule has 1 heterocycles. The maximum Gasteiger partial charge on any atom is 0.225 e. The van der Waals surface area contributed by atoms with Crippen LogP contribution in [0.5, 0.6) is 0 Å². The first-order valence-electron chi connectivity index (χ1n) is 8.25. The highest BCUT2D eigenvalue weighted by atomic mass is 19.1. The molecule has 6 heteroatoms. The molecule has 0 fully saturated rings. The number of benzene rings is 2. The highest BCUT2D eigenvalue weighted by Crippen LogP contribution is 2.27. The summed E-state index contributed by atoms with van der Waals surface area (Å²) in [5.74, 6) is -0.696. The maximum absolute atomic E-state index is 14.0. The highest BCUT2D eigenvalue weighted by molar-refractivity contribution is 5.67. The number of anilines is 3. The van der Waals surface area contributed by atoms with Crippen molar-refractivity contribution < 1.29 is 8.78 Å². The van der Waals surface area contributed by atoms with Gasteiger partial charge in [-0.3, -0.25) is 0 Å². The number of hydrogen-bond acceptors (Lipinski definition) is 4. The van der Waals surface area contributed by atoms with Crippen molar-refractivity contribution in [3.63, 3.8) is 0 Å². The Labute approximate surface area is 151 Å². The maximum atomic E-state index is 14.0. The molecule has 0 radical (unpaired) electrons. The van der Waals surface area contributed by atoms with Crippen molar-refractivity contribution in [3.05, 3.63) is 66.2 Å². The molecule has 0 aliphatic carbocycles. The molecule has 0 atom stereocenters. The average Bonchev–Trinajstić information content (AvgIpc) is 2.57. The van der Waals surface area contributed by atoms with Gasteiger partial charge in [0.15, 0.2) is 0 Å². The van der Waals surface area contributed by atoms with E-state index in [1.165, 1.54) is 18.2 Å². The van der Waals surface area contributed by atoms with E-state index in [1.54, 1.807) is 6.07 Å². The third-order valence-corrected chi connectivity index (χ3v) is 3.50. The zero-order valence-corrected chi connectivity index (χ0v) is 14.8. The number of para-hydroxylation sites is 1. The summed E-state index contributed by atoms with van der Waals surface area (Å²) < 4.78 is 27.9. The molecule has 0 spiro atoms. The summed E-state index contributed by atoms with van der Waals surface area (Å²) in [5, 5.41) is 5.93. The first-order valence-corrected chi connectivity index (χ1v) is 8.25. The summed E-state index contributed by atoms with van der Waals surface area (Å²) >= 11 is 0. The SMILES string of the molecule is CC(C)(C)Nc1nc(Nc2c(F)cccc2F)cc(-c2ccccc2)n1. The topological polar surface area (TPSA) is 49.8 Å². The van der Waals surface area contributed by atoms with Gasteiger partial charge in [0.25, 0.3) is 0 Å². The van der Waals surface area contributed by atoms with E-state index in [0.717, 1.165) is 5.56 Å². The number of rotatable bonds is 4. The van der Waals surface area contributed by atoms with Gasteiger partial charge >= 0.3 is 0 Å². The van der Waals surface area contributed by atoms with Crippen molar-refractivity contribution in [2.45, 2.75) is 26.3 Å². The normalized spacial score (nSPS) is 11.3. The molecule has 0 aliphatic rings. The number of nitrogens with one attached hydrogen (secondary N) is 2. The molecular weight excluding hydrogens is 334 g/mol. The van der Waals surface area contributed by atoms with E-state index in [9.17, 15) is 8.78 Å². The van der Waals surface area contributed by atoms with Gasteiger partial charge in [0.1, 0.15) is 23.1 Å². The Morgan fingerprint density at radius 1 is 0.846 bits per heavy atom. The van der Waals surface area contributed by atoms with Crippen LogP contribution in [0.3, 0.4) is 0 Å². The van der Waals surface area contributed by atoms with Crippen LogP contribution >= 0.6 is 0 Å². The van der Waals surface area contributed by atoms with Gasteiger partial charge in [-0.2, -0.15) is 4.98 Å². The van der Waals surface area contributed by atoms with Crippen LogP contribution in [0.25, 0.3) is 11.3 Å². The van der Waals surface area contributed by atoms with E-state index in [2.05, 4.69) is 20.6 Å². The Morgan fingerprint density at radius 3 is 2.12 bits per heavy atom. The smallest absolute Gasteiger partial charge is 0.225 e. The molecule has 4 nitrogen and oxygen atoms in total.